The minimum atomic E-state index is -0.0638. The van der Waals surface area contributed by atoms with Crippen molar-refractivity contribution in [2.75, 3.05) is 11.6 Å². The number of aromatic nitrogens is 4. The molecule has 0 aliphatic heterocycles. The van der Waals surface area contributed by atoms with E-state index in [1.54, 1.807) is 12.4 Å². The highest BCUT2D eigenvalue weighted by Crippen LogP contribution is 2.25. The summed E-state index contributed by atoms with van der Waals surface area (Å²) >= 11 is 1.26. The number of rotatable bonds is 6. The van der Waals surface area contributed by atoms with Crippen molar-refractivity contribution in [3.8, 4) is 11.4 Å². The summed E-state index contributed by atoms with van der Waals surface area (Å²) in [7, 11) is 0. The number of carbonyl (C=O) groups is 1. The largest absolute Gasteiger partial charge is 0.349 e. The molecule has 0 fully saturated rings. The summed E-state index contributed by atoms with van der Waals surface area (Å²) in [6, 6.07) is 10.2. The van der Waals surface area contributed by atoms with Crippen molar-refractivity contribution in [3.63, 3.8) is 0 Å². The van der Waals surface area contributed by atoms with Crippen LogP contribution in [0.15, 0.2) is 47.9 Å². The minimum Gasteiger partial charge on any atom is -0.349 e. The number of nitrogens with two attached hydrogens (primary N) is 1. The van der Waals surface area contributed by atoms with E-state index < -0.39 is 0 Å². The molecule has 0 unspecified atom stereocenters. The monoisotopic (exact) mass is 408 g/mol. The molecule has 1 amide bonds. The molecule has 4 rings (SSSR count). The van der Waals surface area contributed by atoms with Crippen LogP contribution in [0.1, 0.15) is 42.5 Å². The quantitative estimate of drug-likeness (QED) is 0.481. The molecule has 1 aliphatic carbocycles. The Morgan fingerprint density at radius 3 is 2.86 bits per heavy atom. The second-order valence-corrected chi connectivity index (χ2v) is 8.17. The van der Waals surface area contributed by atoms with Gasteiger partial charge in [0.15, 0.2) is 5.82 Å². The minimum absolute atomic E-state index is 0.0444. The highest BCUT2D eigenvalue weighted by molar-refractivity contribution is 7.99. The maximum Gasteiger partial charge on any atom is 0.230 e. The van der Waals surface area contributed by atoms with Gasteiger partial charge in [-0.15, -0.1) is 10.2 Å². The van der Waals surface area contributed by atoms with E-state index in [2.05, 4.69) is 38.7 Å². The van der Waals surface area contributed by atoms with Crippen LogP contribution in [0.3, 0.4) is 0 Å². The molecule has 0 bridgehead atoms. The molecule has 2 aromatic heterocycles. The van der Waals surface area contributed by atoms with Crippen molar-refractivity contribution in [1.82, 2.24) is 25.2 Å². The molecular formula is C21H24N6OS. The van der Waals surface area contributed by atoms with Crippen molar-refractivity contribution < 1.29 is 4.79 Å². The van der Waals surface area contributed by atoms with Gasteiger partial charge in [0.1, 0.15) is 0 Å². The highest BCUT2D eigenvalue weighted by Gasteiger charge is 2.16. The van der Waals surface area contributed by atoms with Gasteiger partial charge in [0.2, 0.25) is 11.1 Å². The van der Waals surface area contributed by atoms with Gasteiger partial charge in [-0.2, -0.15) is 0 Å². The van der Waals surface area contributed by atoms with Crippen LogP contribution in [0.4, 0.5) is 0 Å². The third-order valence-electron chi connectivity index (χ3n) is 5.17. The summed E-state index contributed by atoms with van der Waals surface area (Å²) in [5, 5.41) is 11.8. The molecule has 0 radical (unpaired) electrons. The molecule has 150 valence electrons. The molecule has 3 aromatic rings. The van der Waals surface area contributed by atoms with E-state index in [0.717, 1.165) is 24.0 Å². The van der Waals surface area contributed by atoms with Gasteiger partial charge in [-0.05, 0) is 61.4 Å². The van der Waals surface area contributed by atoms with E-state index in [9.17, 15) is 4.79 Å². The van der Waals surface area contributed by atoms with Crippen LogP contribution in [0, 0.1) is 0 Å². The summed E-state index contributed by atoms with van der Waals surface area (Å²) in [5.41, 5.74) is 4.79. The maximum absolute atomic E-state index is 12.4. The number of hydrogen-bond acceptors (Lipinski definition) is 6. The number of amides is 1. The number of nitrogen functional groups attached to an aromatic ring is 1. The van der Waals surface area contributed by atoms with Crippen LogP contribution in [0.5, 0.6) is 0 Å². The first-order valence-corrected chi connectivity index (χ1v) is 10.7. The standard InChI is InChI=1S/C21H24N6OS/c1-14(16-9-8-15-5-2-3-6-17(15)11-16)24-19(28)13-29-21-26-25-20(27(21)22)18-7-4-10-23-12-18/h4,7-12,14H,2-3,5-6,13,22H2,1H3,(H,24,28)/t14-/m1/s1. The summed E-state index contributed by atoms with van der Waals surface area (Å²) in [4.78, 5) is 16.5. The zero-order valence-electron chi connectivity index (χ0n) is 16.3. The number of aryl methyl sites for hydroxylation is 2. The molecule has 29 heavy (non-hydrogen) atoms. The van der Waals surface area contributed by atoms with Crippen LogP contribution in [-0.4, -0.2) is 31.5 Å². The van der Waals surface area contributed by atoms with Crippen LogP contribution in [0.2, 0.25) is 0 Å². The van der Waals surface area contributed by atoms with Crippen molar-refractivity contribution >= 4 is 17.7 Å². The predicted molar refractivity (Wildman–Crippen MR) is 114 cm³/mol. The third-order valence-corrected chi connectivity index (χ3v) is 6.11. The van der Waals surface area contributed by atoms with Gasteiger partial charge in [0.25, 0.3) is 0 Å². The van der Waals surface area contributed by atoms with Crippen LogP contribution < -0.4 is 11.2 Å². The third kappa shape index (κ3) is 4.42. The average molecular weight is 409 g/mol. The Hall–Kier alpha value is -2.87. The van der Waals surface area contributed by atoms with Crippen molar-refractivity contribution in [2.24, 2.45) is 0 Å². The zero-order chi connectivity index (χ0) is 20.2. The molecule has 0 saturated heterocycles. The number of hydrogen-bond donors (Lipinski definition) is 2. The maximum atomic E-state index is 12.4. The number of fused-ring (bicyclic) bond motifs is 1. The Labute approximate surface area is 174 Å². The molecule has 0 saturated carbocycles. The van der Waals surface area contributed by atoms with Crippen molar-refractivity contribution in [2.45, 2.75) is 43.8 Å². The van der Waals surface area contributed by atoms with Gasteiger partial charge in [0.05, 0.1) is 11.8 Å². The normalized spacial score (nSPS) is 14.2. The molecular weight excluding hydrogens is 384 g/mol. The molecule has 8 heteroatoms. The first kappa shape index (κ1) is 19.4. The van der Waals surface area contributed by atoms with Gasteiger partial charge in [-0.1, -0.05) is 30.0 Å². The molecule has 7 nitrogen and oxygen atoms in total. The molecule has 0 spiro atoms. The Balaban J connectivity index is 1.35. The van der Waals surface area contributed by atoms with E-state index in [1.807, 2.05) is 19.1 Å². The van der Waals surface area contributed by atoms with Crippen molar-refractivity contribution in [3.05, 3.63) is 59.4 Å². The number of carbonyl (C=O) groups excluding carboxylic acids is 1. The zero-order valence-corrected chi connectivity index (χ0v) is 17.2. The average Bonchev–Trinajstić information content (AvgIpc) is 3.12. The number of benzene rings is 1. The molecule has 2 heterocycles. The molecule has 3 N–H and O–H groups in total. The van der Waals surface area contributed by atoms with Crippen LogP contribution in [-0.2, 0) is 17.6 Å². The lowest BCUT2D eigenvalue weighted by Gasteiger charge is -2.20. The summed E-state index contributed by atoms with van der Waals surface area (Å²) in [6.07, 6.45) is 8.16. The van der Waals surface area contributed by atoms with Crippen molar-refractivity contribution in [1.29, 1.82) is 0 Å². The SMILES string of the molecule is C[C@@H](NC(=O)CSc1nnc(-c2cccnc2)n1N)c1ccc2c(c1)CCCC2. The van der Waals surface area contributed by atoms with E-state index >= 15 is 0 Å². The van der Waals surface area contributed by atoms with Crippen LogP contribution >= 0.6 is 11.8 Å². The van der Waals surface area contributed by atoms with Gasteiger partial charge in [-0.25, -0.2) is 4.68 Å². The Morgan fingerprint density at radius 2 is 2.07 bits per heavy atom. The molecule has 1 atom stereocenters. The smallest absolute Gasteiger partial charge is 0.230 e. The van der Waals surface area contributed by atoms with Gasteiger partial charge < -0.3 is 11.2 Å². The summed E-state index contributed by atoms with van der Waals surface area (Å²) in [5.74, 6) is 6.76. The van der Waals surface area contributed by atoms with Gasteiger partial charge in [-0.3, -0.25) is 9.78 Å². The second kappa shape index (κ2) is 8.65. The molecule has 1 aliphatic rings. The fraction of sp³-hybridized carbons (Fsp3) is 0.333. The lowest BCUT2D eigenvalue weighted by atomic mass is 9.89. The first-order chi connectivity index (χ1) is 14.1. The Morgan fingerprint density at radius 1 is 1.24 bits per heavy atom. The topological polar surface area (TPSA) is 98.7 Å². The van der Waals surface area contributed by atoms with Gasteiger partial charge in [0, 0.05) is 18.0 Å². The lowest BCUT2D eigenvalue weighted by Crippen LogP contribution is -2.28. The number of nitrogens with zero attached hydrogens (tertiary/aromatic N) is 4. The number of nitrogens with one attached hydrogen (secondary N) is 1. The van der Waals surface area contributed by atoms with E-state index in [1.165, 1.54) is 40.4 Å². The predicted octanol–water partition coefficient (Wildman–Crippen LogP) is 2.90. The van der Waals surface area contributed by atoms with Crippen LogP contribution in [0.25, 0.3) is 11.4 Å². The fourth-order valence-electron chi connectivity index (χ4n) is 3.59. The highest BCUT2D eigenvalue weighted by atomic mass is 32.2. The Kier molecular flexibility index (Phi) is 5.80. The number of thioether (sulfide) groups is 1. The second-order valence-electron chi connectivity index (χ2n) is 7.23. The summed E-state index contributed by atoms with van der Waals surface area (Å²) < 4.78 is 1.39. The summed E-state index contributed by atoms with van der Waals surface area (Å²) in [6.45, 7) is 2.01. The molecule has 1 aromatic carbocycles. The lowest BCUT2D eigenvalue weighted by molar-refractivity contribution is -0.119. The first-order valence-electron chi connectivity index (χ1n) is 9.76. The van der Waals surface area contributed by atoms with E-state index in [0.29, 0.717) is 11.0 Å². The Bertz CT molecular complexity index is 1000. The van der Waals surface area contributed by atoms with E-state index in [-0.39, 0.29) is 17.7 Å². The fourth-order valence-corrected chi connectivity index (χ4v) is 4.25. The van der Waals surface area contributed by atoms with E-state index in [4.69, 9.17) is 5.84 Å². The van der Waals surface area contributed by atoms with Gasteiger partial charge >= 0.3 is 0 Å². The number of pyridine rings is 1.